The van der Waals surface area contributed by atoms with Crippen LogP contribution >= 0.6 is 0 Å². The van der Waals surface area contributed by atoms with E-state index in [0.29, 0.717) is 13.0 Å². The van der Waals surface area contributed by atoms with Crippen LogP contribution in [0.4, 0.5) is 0 Å². The molecule has 0 spiro atoms. The first-order chi connectivity index (χ1) is 7.76. The summed E-state index contributed by atoms with van der Waals surface area (Å²) in [5.74, 6) is 0.0510. The SMILES string of the molecule is CC[C@H](COC)NC(=O)Cc1ccccc1. The maximum atomic E-state index is 11.7. The number of rotatable bonds is 6. The number of hydrogen-bond donors (Lipinski definition) is 1. The zero-order chi connectivity index (χ0) is 11.8. The Hall–Kier alpha value is -1.35. The summed E-state index contributed by atoms with van der Waals surface area (Å²) in [5, 5.41) is 2.95. The van der Waals surface area contributed by atoms with E-state index in [1.807, 2.05) is 37.3 Å². The van der Waals surface area contributed by atoms with Crippen molar-refractivity contribution >= 4 is 5.91 Å². The van der Waals surface area contributed by atoms with Crippen LogP contribution in [-0.4, -0.2) is 25.7 Å². The predicted octanol–water partition coefficient (Wildman–Crippen LogP) is 1.77. The summed E-state index contributed by atoms with van der Waals surface area (Å²) in [5.41, 5.74) is 1.03. The van der Waals surface area contributed by atoms with Crippen LogP contribution in [0.5, 0.6) is 0 Å². The van der Waals surface area contributed by atoms with Crippen molar-refractivity contribution in [3.8, 4) is 0 Å². The fourth-order valence-corrected chi connectivity index (χ4v) is 1.52. The van der Waals surface area contributed by atoms with E-state index in [4.69, 9.17) is 4.74 Å². The van der Waals surface area contributed by atoms with E-state index in [9.17, 15) is 4.79 Å². The monoisotopic (exact) mass is 221 g/mol. The Morgan fingerprint density at radius 2 is 2.06 bits per heavy atom. The first-order valence-corrected chi connectivity index (χ1v) is 5.58. The quantitative estimate of drug-likeness (QED) is 0.795. The number of methoxy groups -OCH3 is 1. The molecule has 0 aliphatic carbocycles. The van der Waals surface area contributed by atoms with Gasteiger partial charge in [0.1, 0.15) is 0 Å². The summed E-state index contributed by atoms with van der Waals surface area (Å²) in [6, 6.07) is 9.85. The predicted molar refractivity (Wildman–Crippen MR) is 64.2 cm³/mol. The van der Waals surface area contributed by atoms with Crippen molar-refractivity contribution in [3.63, 3.8) is 0 Å². The minimum absolute atomic E-state index is 0.0510. The van der Waals surface area contributed by atoms with Crippen molar-refractivity contribution in [2.24, 2.45) is 0 Å². The second kappa shape index (κ2) is 7.01. The highest BCUT2D eigenvalue weighted by Gasteiger charge is 2.09. The van der Waals surface area contributed by atoms with E-state index in [0.717, 1.165) is 12.0 Å². The number of carbonyl (C=O) groups is 1. The lowest BCUT2D eigenvalue weighted by Crippen LogP contribution is -2.38. The van der Waals surface area contributed by atoms with Crippen LogP contribution in [-0.2, 0) is 16.0 Å². The first-order valence-electron chi connectivity index (χ1n) is 5.58. The van der Waals surface area contributed by atoms with E-state index in [2.05, 4.69) is 5.32 Å². The maximum absolute atomic E-state index is 11.7. The van der Waals surface area contributed by atoms with Crippen molar-refractivity contribution in [3.05, 3.63) is 35.9 Å². The normalized spacial score (nSPS) is 12.1. The highest BCUT2D eigenvalue weighted by atomic mass is 16.5. The van der Waals surface area contributed by atoms with Crippen molar-refractivity contribution < 1.29 is 9.53 Å². The molecule has 3 heteroatoms. The molecule has 0 radical (unpaired) electrons. The van der Waals surface area contributed by atoms with Gasteiger partial charge < -0.3 is 10.1 Å². The highest BCUT2D eigenvalue weighted by molar-refractivity contribution is 5.78. The lowest BCUT2D eigenvalue weighted by atomic mass is 10.1. The van der Waals surface area contributed by atoms with Crippen LogP contribution in [0.1, 0.15) is 18.9 Å². The molecule has 1 rings (SSSR count). The second-order valence-corrected chi connectivity index (χ2v) is 3.79. The van der Waals surface area contributed by atoms with Gasteiger partial charge in [0.15, 0.2) is 0 Å². The van der Waals surface area contributed by atoms with Crippen LogP contribution in [0.2, 0.25) is 0 Å². The van der Waals surface area contributed by atoms with Gasteiger partial charge in [-0.3, -0.25) is 4.79 Å². The van der Waals surface area contributed by atoms with E-state index in [-0.39, 0.29) is 11.9 Å². The largest absolute Gasteiger partial charge is 0.383 e. The fraction of sp³-hybridized carbons (Fsp3) is 0.462. The highest BCUT2D eigenvalue weighted by Crippen LogP contribution is 2.00. The average molecular weight is 221 g/mol. The number of benzene rings is 1. The Kier molecular flexibility index (Phi) is 5.57. The number of hydrogen-bond acceptors (Lipinski definition) is 2. The van der Waals surface area contributed by atoms with Crippen molar-refractivity contribution in [1.82, 2.24) is 5.32 Å². The molecule has 0 bridgehead atoms. The van der Waals surface area contributed by atoms with Gasteiger partial charge in [-0.15, -0.1) is 0 Å². The molecule has 1 aromatic rings. The molecule has 1 atom stereocenters. The summed E-state index contributed by atoms with van der Waals surface area (Å²) in [4.78, 5) is 11.7. The molecule has 0 saturated carbocycles. The zero-order valence-corrected chi connectivity index (χ0v) is 9.90. The van der Waals surface area contributed by atoms with Crippen LogP contribution in [0.15, 0.2) is 30.3 Å². The minimum atomic E-state index is 0.0510. The fourth-order valence-electron chi connectivity index (χ4n) is 1.52. The number of nitrogens with one attached hydrogen (secondary N) is 1. The number of carbonyl (C=O) groups excluding carboxylic acids is 1. The number of amides is 1. The van der Waals surface area contributed by atoms with Crippen molar-refractivity contribution in [2.45, 2.75) is 25.8 Å². The van der Waals surface area contributed by atoms with Gasteiger partial charge >= 0.3 is 0 Å². The maximum Gasteiger partial charge on any atom is 0.224 e. The Balaban J connectivity index is 2.41. The molecule has 0 saturated heterocycles. The molecule has 0 aliphatic heterocycles. The molecule has 16 heavy (non-hydrogen) atoms. The van der Waals surface area contributed by atoms with E-state index < -0.39 is 0 Å². The summed E-state index contributed by atoms with van der Waals surface area (Å²) in [6.45, 7) is 2.60. The van der Waals surface area contributed by atoms with Crippen LogP contribution < -0.4 is 5.32 Å². The van der Waals surface area contributed by atoms with Gasteiger partial charge in [-0.05, 0) is 12.0 Å². The number of ether oxygens (including phenoxy) is 1. The third-order valence-electron chi connectivity index (χ3n) is 2.43. The lowest BCUT2D eigenvalue weighted by molar-refractivity contribution is -0.121. The van der Waals surface area contributed by atoms with Gasteiger partial charge in [0, 0.05) is 7.11 Å². The molecule has 88 valence electrons. The molecule has 3 nitrogen and oxygen atoms in total. The van der Waals surface area contributed by atoms with E-state index >= 15 is 0 Å². The third kappa shape index (κ3) is 4.45. The van der Waals surface area contributed by atoms with Crippen molar-refractivity contribution in [2.75, 3.05) is 13.7 Å². The van der Waals surface area contributed by atoms with Gasteiger partial charge in [-0.1, -0.05) is 37.3 Å². The van der Waals surface area contributed by atoms with Gasteiger partial charge in [-0.2, -0.15) is 0 Å². The average Bonchev–Trinajstić information content (AvgIpc) is 2.29. The van der Waals surface area contributed by atoms with Crippen LogP contribution in [0.25, 0.3) is 0 Å². The molecule has 1 amide bonds. The Morgan fingerprint density at radius 3 is 2.62 bits per heavy atom. The summed E-state index contributed by atoms with van der Waals surface area (Å²) in [6.07, 6.45) is 1.31. The third-order valence-corrected chi connectivity index (χ3v) is 2.43. The second-order valence-electron chi connectivity index (χ2n) is 3.79. The molecule has 0 heterocycles. The molecule has 0 fully saturated rings. The molecule has 1 aromatic carbocycles. The standard InChI is InChI=1S/C13H19NO2/c1-3-12(10-16-2)14-13(15)9-11-7-5-4-6-8-11/h4-8,12H,3,9-10H2,1-2H3,(H,14,15)/t12-/m1/s1. The summed E-state index contributed by atoms with van der Waals surface area (Å²) >= 11 is 0. The van der Waals surface area contributed by atoms with Crippen molar-refractivity contribution in [1.29, 1.82) is 0 Å². The van der Waals surface area contributed by atoms with Gasteiger partial charge in [0.05, 0.1) is 19.1 Å². The Morgan fingerprint density at radius 1 is 1.38 bits per heavy atom. The molecular formula is C13H19NO2. The Bertz CT molecular complexity index is 311. The zero-order valence-electron chi connectivity index (χ0n) is 9.90. The van der Waals surface area contributed by atoms with Gasteiger partial charge in [-0.25, -0.2) is 0 Å². The smallest absolute Gasteiger partial charge is 0.224 e. The molecule has 1 N–H and O–H groups in total. The van der Waals surface area contributed by atoms with Gasteiger partial charge in [0.2, 0.25) is 5.91 Å². The molecule has 0 unspecified atom stereocenters. The minimum Gasteiger partial charge on any atom is -0.383 e. The summed E-state index contributed by atoms with van der Waals surface area (Å²) < 4.78 is 5.03. The Labute approximate surface area is 96.8 Å². The van der Waals surface area contributed by atoms with Gasteiger partial charge in [0.25, 0.3) is 0 Å². The summed E-state index contributed by atoms with van der Waals surface area (Å²) in [7, 11) is 1.64. The molecule has 0 aromatic heterocycles. The topological polar surface area (TPSA) is 38.3 Å². The molecular weight excluding hydrogens is 202 g/mol. The van der Waals surface area contributed by atoms with Crippen LogP contribution in [0, 0.1) is 0 Å². The first kappa shape index (κ1) is 12.7. The molecule has 0 aliphatic rings. The lowest BCUT2D eigenvalue weighted by Gasteiger charge is -2.15. The van der Waals surface area contributed by atoms with Crippen LogP contribution in [0.3, 0.4) is 0 Å². The van der Waals surface area contributed by atoms with E-state index in [1.54, 1.807) is 7.11 Å². The van der Waals surface area contributed by atoms with E-state index in [1.165, 1.54) is 0 Å².